The fourth-order valence-corrected chi connectivity index (χ4v) is 2.73. The molecule has 0 amide bonds. The molecule has 23 heavy (non-hydrogen) atoms. The molecule has 0 fully saturated rings. The van der Waals surface area contributed by atoms with Crippen molar-refractivity contribution in [3.05, 3.63) is 53.7 Å². The average molecular weight is 348 g/mol. The summed E-state index contributed by atoms with van der Waals surface area (Å²) in [7, 11) is 1.62. The molecule has 0 spiro atoms. The van der Waals surface area contributed by atoms with E-state index in [2.05, 4.69) is 9.71 Å². The Morgan fingerprint density at radius 1 is 1.13 bits per heavy atom. The van der Waals surface area contributed by atoms with Gasteiger partial charge in [0, 0.05) is 35.8 Å². The molecule has 0 saturated heterocycles. The highest BCUT2D eigenvalue weighted by Crippen LogP contribution is 2.34. The van der Waals surface area contributed by atoms with E-state index in [4.69, 9.17) is 26.2 Å². The number of pyridine rings is 1. The van der Waals surface area contributed by atoms with Crippen LogP contribution < -0.4 is 19.3 Å². The number of aromatic nitrogens is 1. The number of hydrogen-bond acceptors (Lipinski definition) is 6. The van der Waals surface area contributed by atoms with Gasteiger partial charge >= 0.3 is 0 Å². The number of nitrogens with one attached hydrogen (secondary N) is 1. The van der Waals surface area contributed by atoms with Crippen molar-refractivity contribution in [2.45, 2.75) is 0 Å². The van der Waals surface area contributed by atoms with Crippen molar-refractivity contribution in [2.24, 2.45) is 5.14 Å². The zero-order valence-corrected chi connectivity index (χ0v) is 13.8. The lowest BCUT2D eigenvalue weighted by Gasteiger charge is -2.11. The maximum absolute atomic E-state index is 6.19. The van der Waals surface area contributed by atoms with Gasteiger partial charge in [0.25, 0.3) is 0 Å². The lowest BCUT2D eigenvalue weighted by Crippen LogP contribution is -1.93. The highest BCUT2D eigenvalue weighted by atomic mass is 35.5. The Balaban J connectivity index is 1.93. The molecule has 118 valence electrons. The highest BCUT2D eigenvalue weighted by molar-refractivity contribution is 7.98. The summed E-state index contributed by atoms with van der Waals surface area (Å²) < 4.78 is 14.1. The lowest BCUT2D eigenvalue weighted by atomic mass is 10.2. The number of anilines is 1. The second kappa shape index (κ2) is 6.95. The number of benzene rings is 2. The second-order valence-corrected chi connectivity index (χ2v) is 5.50. The van der Waals surface area contributed by atoms with E-state index in [-0.39, 0.29) is 0 Å². The van der Waals surface area contributed by atoms with Crippen LogP contribution in [0.3, 0.4) is 0 Å². The largest absolute Gasteiger partial charge is 0.497 e. The van der Waals surface area contributed by atoms with Crippen molar-refractivity contribution < 1.29 is 9.47 Å². The number of nitrogens with zero attached hydrogens (tertiary/aromatic N) is 1. The van der Waals surface area contributed by atoms with Crippen LogP contribution in [0.5, 0.6) is 17.2 Å². The van der Waals surface area contributed by atoms with Crippen molar-refractivity contribution in [1.82, 2.24) is 4.98 Å². The lowest BCUT2D eigenvalue weighted by molar-refractivity contribution is 0.415. The number of hydrogen-bond donors (Lipinski definition) is 2. The number of halogens is 1. The van der Waals surface area contributed by atoms with Crippen LogP contribution >= 0.6 is 23.7 Å². The SMILES string of the molecule is COc1ccc2c(Oc3ccc(NSN)c(Cl)c3)ccnc2c1. The molecule has 5 nitrogen and oxygen atoms in total. The first kappa shape index (κ1) is 15.7. The third-order valence-electron chi connectivity index (χ3n) is 3.25. The Bertz CT molecular complexity index is 845. The van der Waals surface area contributed by atoms with Gasteiger partial charge < -0.3 is 14.2 Å². The summed E-state index contributed by atoms with van der Waals surface area (Å²) in [5, 5.41) is 6.80. The fourth-order valence-electron chi connectivity index (χ4n) is 2.15. The molecule has 0 unspecified atom stereocenters. The van der Waals surface area contributed by atoms with Gasteiger partial charge in [0.2, 0.25) is 0 Å². The Morgan fingerprint density at radius 2 is 1.96 bits per heavy atom. The van der Waals surface area contributed by atoms with Crippen molar-refractivity contribution >= 4 is 40.3 Å². The molecular weight excluding hydrogens is 334 g/mol. The minimum Gasteiger partial charge on any atom is -0.497 e. The normalized spacial score (nSPS) is 10.6. The number of ether oxygens (including phenoxy) is 2. The molecule has 0 aliphatic rings. The maximum Gasteiger partial charge on any atom is 0.138 e. The molecule has 0 aliphatic heterocycles. The molecule has 3 rings (SSSR count). The Labute approximate surface area is 143 Å². The molecule has 1 heterocycles. The predicted molar refractivity (Wildman–Crippen MR) is 95.2 cm³/mol. The highest BCUT2D eigenvalue weighted by Gasteiger charge is 2.08. The quantitative estimate of drug-likeness (QED) is 0.656. The van der Waals surface area contributed by atoms with Crippen molar-refractivity contribution in [1.29, 1.82) is 0 Å². The van der Waals surface area contributed by atoms with E-state index in [9.17, 15) is 0 Å². The number of rotatable bonds is 5. The van der Waals surface area contributed by atoms with E-state index in [0.29, 0.717) is 16.5 Å². The molecule has 3 N–H and O–H groups in total. The molecular formula is C16H14ClN3O2S. The molecule has 3 aromatic rings. The van der Waals surface area contributed by atoms with E-state index in [0.717, 1.165) is 34.5 Å². The van der Waals surface area contributed by atoms with Crippen molar-refractivity contribution in [3.63, 3.8) is 0 Å². The van der Waals surface area contributed by atoms with Gasteiger partial charge in [-0.3, -0.25) is 10.1 Å². The summed E-state index contributed by atoms with van der Waals surface area (Å²) >= 11 is 7.18. The van der Waals surface area contributed by atoms with Crippen LogP contribution in [-0.2, 0) is 0 Å². The van der Waals surface area contributed by atoms with E-state index < -0.39 is 0 Å². The summed E-state index contributed by atoms with van der Waals surface area (Å²) in [5.41, 5.74) is 1.53. The first-order valence-electron chi connectivity index (χ1n) is 6.73. The van der Waals surface area contributed by atoms with Gasteiger partial charge in [-0.25, -0.2) is 0 Å². The van der Waals surface area contributed by atoms with Gasteiger partial charge in [-0.15, -0.1) is 0 Å². The van der Waals surface area contributed by atoms with Crippen LogP contribution in [0.15, 0.2) is 48.7 Å². The molecule has 0 bridgehead atoms. The van der Waals surface area contributed by atoms with Gasteiger partial charge in [0.15, 0.2) is 0 Å². The summed E-state index contributed by atoms with van der Waals surface area (Å²) in [4.78, 5) is 4.34. The van der Waals surface area contributed by atoms with Crippen molar-refractivity contribution in [2.75, 3.05) is 11.8 Å². The van der Waals surface area contributed by atoms with E-state index >= 15 is 0 Å². The standard InChI is InChI=1S/C16H14ClN3O2S/c1-21-10-2-4-12-15(9-10)19-7-6-16(12)22-11-3-5-14(20-23-18)13(17)8-11/h2-9,20H,18H2,1H3. The number of fused-ring (bicyclic) bond motifs is 1. The van der Waals surface area contributed by atoms with Crippen LogP contribution in [-0.4, -0.2) is 12.1 Å². The van der Waals surface area contributed by atoms with E-state index in [1.54, 1.807) is 19.4 Å². The van der Waals surface area contributed by atoms with Crippen LogP contribution in [0.2, 0.25) is 5.02 Å². The number of methoxy groups -OCH3 is 1. The molecule has 2 aromatic carbocycles. The minimum atomic E-state index is 0.528. The molecule has 0 aliphatic carbocycles. The summed E-state index contributed by atoms with van der Waals surface area (Å²) in [5.74, 6) is 2.08. The van der Waals surface area contributed by atoms with Crippen LogP contribution in [0.1, 0.15) is 0 Å². The smallest absolute Gasteiger partial charge is 0.138 e. The first-order chi connectivity index (χ1) is 11.2. The van der Waals surface area contributed by atoms with Crippen molar-refractivity contribution in [3.8, 4) is 17.2 Å². The van der Waals surface area contributed by atoms with E-state index in [1.807, 2.05) is 36.4 Å². The predicted octanol–water partition coefficient (Wildman–Crippen LogP) is 4.62. The topological polar surface area (TPSA) is 69.4 Å². The zero-order valence-electron chi connectivity index (χ0n) is 12.2. The summed E-state index contributed by atoms with van der Waals surface area (Å²) in [6, 6.07) is 12.8. The third-order valence-corrected chi connectivity index (χ3v) is 3.90. The Kier molecular flexibility index (Phi) is 4.76. The van der Waals surface area contributed by atoms with Crippen LogP contribution in [0, 0.1) is 0 Å². The Hall–Kier alpha value is -2.15. The van der Waals surface area contributed by atoms with Gasteiger partial charge in [-0.05, 0) is 30.3 Å². The van der Waals surface area contributed by atoms with Crippen LogP contribution in [0.25, 0.3) is 10.9 Å². The van der Waals surface area contributed by atoms with Gasteiger partial charge in [-0.1, -0.05) is 11.6 Å². The van der Waals surface area contributed by atoms with E-state index in [1.165, 1.54) is 0 Å². The first-order valence-corrected chi connectivity index (χ1v) is 7.99. The molecule has 1 aromatic heterocycles. The zero-order chi connectivity index (χ0) is 16.2. The molecule has 0 saturated carbocycles. The average Bonchev–Trinajstić information content (AvgIpc) is 2.57. The number of nitrogens with two attached hydrogens (primary N) is 1. The second-order valence-electron chi connectivity index (χ2n) is 4.66. The van der Waals surface area contributed by atoms with Gasteiger partial charge in [0.05, 0.1) is 23.3 Å². The summed E-state index contributed by atoms with van der Waals surface area (Å²) in [6.07, 6.45) is 1.69. The van der Waals surface area contributed by atoms with Gasteiger partial charge in [-0.2, -0.15) is 0 Å². The van der Waals surface area contributed by atoms with Gasteiger partial charge in [0.1, 0.15) is 17.2 Å². The molecule has 0 radical (unpaired) electrons. The maximum atomic E-state index is 6.19. The fraction of sp³-hybridized carbons (Fsp3) is 0.0625. The Morgan fingerprint density at radius 3 is 2.70 bits per heavy atom. The van der Waals surface area contributed by atoms with Crippen LogP contribution in [0.4, 0.5) is 5.69 Å². The minimum absolute atomic E-state index is 0.528. The molecule has 0 atom stereocenters. The third kappa shape index (κ3) is 3.44. The monoisotopic (exact) mass is 347 g/mol. The summed E-state index contributed by atoms with van der Waals surface area (Å²) in [6.45, 7) is 0. The molecule has 7 heteroatoms.